The van der Waals surface area contributed by atoms with Crippen LogP contribution in [0.1, 0.15) is 11.1 Å². The van der Waals surface area contributed by atoms with Gasteiger partial charge in [-0.3, -0.25) is 4.79 Å². The second kappa shape index (κ2) is 6.61. The van der Waals surface area contributed by atoms with Crippen LogP contribution in [0.5, 0.6) is 11.5 Å². The first-order chi connectivity index (χ1) is 9.69. The lowest BCUT2D eigenvalue weighted by atomic mass is 10.1. The highest BCUT2D eigenvalue weighted by molar-refractivity contribution is 5.78. The highest BCUT2D eigenvalue weighted by Gasteiger charge is 2.06. The molecule has 0 atom stereocenters. The molecule has 20 heavy (non-hydrogen) atoms. The number of hydrogen-bond donors (Lipinski definition) is 2. The Kier molecular flexibility index (Phi) is 4.60. The van der Waals surface area contributed by atoms with Crippen LogP contribution in [-0.2, 0) is 17.8 Å². The van der Waals surface area contributed by atoms with Gasteiger partial charge in [0.15, 0.2) is 0 Å². The average Bonchev–Trinajstić information content (AvgIpc) is 2.46. The molecule has 0 aliphatic heterocycles. The van der Waals surface area contributed by atoms with Crippen molar-refractivity contribution in [3.8, 4) is 11.5 Å². The van der Waals surface area contributed by atoms with Crippen molar-refractivity contribution < 1.29 is 14.6 Å². The molecule has 2 aromatic rings. The van der Waals surface area contributed by atoms with Gasteiger partial charge in [-0.15, -0.1) is 0 Å². The second-order valence-corrected chi connectivity index (χ2v) is 4.43. The van der Waals surface area contributed by atoms with Crippen LogP contribution in [0, 0.1) is 0 Å². The molecule has 0 heterocycles. The molecule has 0 unspecified atom stereocenters. The van der Waals surface area contributed by atoms with Crippen molar-refractivity contribution >= 4 is 5.91 Å². The van der Waals surface area contributed by atoms with Crippen LogP contribution in [0.2, 0.25) is 0 Å². The number of carbonyl (C=O) groups is 1. The Bertz CT molecular complexity index is 596. The van der Waals surface area contributed by atoms with Gasteiger partial charge in [0.2, 0.25) is 5.91 Å². The van der Waals surface area contributed by atoms with E-state index in [0.29, 0.717) is 12.1 Å². The number of ether oxygens (including phenoxy) is 1. The fourth-order valence-electron chi connectivity index (χ4n) is 1.88. The molecule has 0 fully saturated rings. The molecule has 0 spiro atoms. The summed E-state index contributed by atoms with van der Waals surface area (Å²) in [5.74, 6) is 0.826. The minimum Gasteiger partial charge on any atom is -0.508 e. The number of hydrogen-bond acceptors (Lipinski definition) is 3. The lowest BCUT2D eigenvalue weighted by Gasteiger charge is -2.08. The van der Waals surface area contributed by atoms with E-state index in [9.17, 15) is 9.90 Å². The molecule has 2 aromatic carbocycles. The molecule has 0 bridgehead atoms. The van der Waals surface area contributed by atoms with Gasteiger partial charge >= 0.3 is 0 Å². The summed E-state index contributed by atoms with van der Waals surface area (Å²) in [6, 6.07) is 14.3. The van der Waals surface area contributed by atoms with E-state index in [0.717, 1.165) is 11.3 Å². The number of phenolic OH excluding ortho intramolecular Hbond substituents is 1. The van der Waals surface area contributed by atoms with E-state index in [2.05, 4.69) is 5.32 Å². The summed E-state index contributed by atoms with van der Waals surface area (Å²) in [7, 11) is 1.59. The third-order valence-corrected chi connectivity index (χ3v) is 2.97. The predicted octanol–water partition coefficient (Wildman–Crippen LogP) is 2.26. The number of nitrogens with one attached hydrogen (secondary N) is 1. The Hall–Kier alpha value is -2.49. The van der Waals surface area contributed by atoms with Crippen LogP contribution in [0.25, 0.3) is 0 Å². The number of carbonyl (C=O) groups excluding carboxylic acids is 1. The molecular weight excluding hydrogens is 254 g/mol. The van der Waals surface area contributed by atoms with Gasteiger partial charge in [0, 0.05) is 12.1 Å². The zero-order valence-corrected chi connectivity index (χ0v) is 11.3. The van der Waals surface area contributed by atoms with E-state index in [1.54, 1.807) is 25.3 Å². The topological polar surface area (TPSA) is 58.6 Å². The zero-order chi connectivity index (χ0) is 14.4. The number of para-hydroxylation sites is 1. The highest BCUT2D eigenvalue weighted by atomic mass is 16.5. The number of rotatable bonds is 5. The largest absolute Gasteiger partial charge is 0.508 e. The maximum Gasteiger partial charge on any atom is 0.224 e. The molecule has 1 amide bonds. The van der Waals surface area contributed by atoms with Crippen molar-refractivity contribution in [2.45, 2.75) is 13.0 Å². The maximum atomic E-state index is 11.9. The maximum absolute atomic E-state index is 11.9. The second-order valence-electron chi connectivity index (χ2n) is 4.43. The van der Waals surface area contributed by atoms with Crippen molar-refractivity contribution in [3.63, 3.8) is 0 Å². The molecule has 0 aliphatic carbocycles. The lowest BCUT2D eigenvalue weighted by molar-refractivity contribution is -0.120. The summed E-state index contributed by atoms with van der Waals surface area (Å²) < 4.78 is 5.12. The number of benzene rings is 2. The van der Waals surface area contributed by atoms with E-state index in [4.69, 9.17) is 4.74 Å². The molecule has 2 N–H and O–H groups in total. The minimum absolute atomic E-state index is 0.0958. The zero-order valence-electron chi connectivity index (χ0n) is 11.3. The van der Waals surface area contributed by atoms with E-state index < -0.39 is 0 Å². The first kappa shape index (κ1) is 13.9. The van der Waals surface area contributed by atoms with E-state index in [-0.39, 0.29) is 18.1 Å². The summed E-state index contributed by atoms with van der Waals surface area (Å²) in [5.41, 5.74) is 1.59. The number of amides is 1. The van der Waals surface area contributed by atoms with Crippen LogP contribution in [0.15, 0.2) is 48.5 Å². The number of methoxy groups -OCH3 is 1. The Morgan fingerprint density at radius 2 is 2.00 bits per heavy atom. The van der Waals surface area contributed by atoms with E-state index in [1.165, 1.54) is 0 Å². The van der Waals surface area contributed by atoms with Gasteiger partial charge in [-0.25, -0.2) is 0 Å². The number of aromatic hydroxyl groups is 1. The monoisotopic (exact) mass is 271 g/mol. The van der Waals surface area contributed by atoms with E-state index >= 15 is 0 Å². The summed E-state index contributed by atoms with van der Waals surface area (Å²) in [6.45, 7) is 0.315. The molecule has 0 saturated heterocycles. The molecule has 0 saturated carbocycles. The van der Waals surface area contributed by atoms with Crippen LogP contribution < -0.4 is 10.1 Å². The van der Waals surface area contributed by atoms with Crippen molar-refractivity contribution in [1.82, 2.24) is 5.32 Å². The minimum atomic E-state index is -0.0958. The van der Waals surface area contributed by atoms with Gasteiger partial charge in [-0.05, 0) is 23.8 Å². The van der Waals surface area contributed by atoms with Crippen molar-refractivity contribution in [1.29, 1.82) is 0 Å². The van der Waals surface area contributed by atoms with Gasteiger partial charge in [0.05, 0.1) is 13.5 Å². The molecule has 4 heteroatoms. The molecule has 2 rings (SSSR count). The first-order valence-corrected chi connectivity index (χ1v) is 6.35. The average molecular weight is 271 g/mol. The van der Waals surface area contributed by atoms with Crippen LogP contribution in [0.4, 0.5) is 0 Å². The predicted molar refractivity (Wildman–Crippen MR) is 76.7 cm³/mol. The fraction of sp³-hybridized carbons (Fsp3) is 0.188. The number of phenols is 1. The Labute approximate surface area is 118 Å². The molecule has 0 aromatic heterocycles. The van der Waals surface area contributed by atoms with Gasteiger partial charge in [0.25, 0.3) is 0 Å². The van der Waals surface area contributed by atoms with Gasteiger partial charge in [-0.2, -0.15) is 0 Å². The normalized spacial score (nSPS) is 10.1. The molecule has 0 aliphatic rings. The lowest BCUT2D eigenvalue weighted by Crippen LogP contribution is -2.24. The molecule has 4 nitrogen and oxygen atoms in total. The van der Waals surface area contributed by atoms with E-state index in [1.807, 2.05) is 30.3 Å². The summed E-state index contributed by atoms with van der Waals surface area (Å²) >= 11 is 0. The Balaban J connectivity index is 1.91. The Morgan fingerprint density at radius 1 is 1.20 bits per heavy atom. The van der Waals surface area contributed by atoms with Gasteiger partial charge in [-0.1, -0.05) is 30.3 Å². The van der Waals surface area contributed by atoms with Crippen LogP contribution in [0.3, 0.4) is 0 Å². The molecule has 104 valence electrons. The summed E-state index contributed by atoms with van der Waals surface area (Å²) in [5, 5.41) is 12.4. The highest BCUT2D eigenvalue weighted by Crippen LogP contribution is 2.15. The Morgan fingerprint density at radius 3 is 2.75 bits per heavy atom. The third kappa shape index (κ3) is 3.75. The standard InChI is InChI=1S/C16H17NO3/c1-20-14-7-4-5-12(9-14)10-16(19)17-11-13-6-2-3-8-15(13)18/h2-9,18H,10-11H2,1H3,(H,17,19). The van der Waals surface area contributed by atoms with Crippen molar-refractivity contribution in [2.24, 2.45) is 0 Å². The summed E-state index contributed by atoms with van der Waals surface area (Å²) in [6.07, 6.45) is 0.283. The fourth-order valence-corrected chi connectivity index (χ4v) is 1.88. The smallest absolute Gasteiger partial charge is 0.224 e. The van der Waals surface area contributed by atoms with Gasteiger partial charge in [0.1, 0.15) is 11.5 Å². The van der Waals surface area contributed by atoms with Crippen molar-refractivity contribution in [2.75, 3.05) is 7.11 Å². The SMILES string of the molecule is COc1cccc(CC(=O)NCc2ccccc2O)c1. The van der Waals surface area contributed by atoms with Crippen LogP contribution >= 0.6 is 0 Å². The third-order valence-electron chi connectivity index (χ3n) is 2.97. The van der Waals surface area contributed by atoms with Gasteiger partial charge < -0.3 is 15.2 Å². The molecule has 0 radical (unpaired) electrons. The van der Waals surface area contributed by atoms with Crippen molar-refractivity contribution in [3.05, 3.63) is 59.7 Å². The van der Waals surface area contributed by atoms with Crippen LogP contribution in [-0.4, -0.2) is 18.1 Å². The quantitative estimate of drug-likeness (QED) is 0.877. The molecular formula is C16H17NO3. The summed E-state index contributed by atoms with van der Waals surface area (Å²) in [4.78, 5) is 11.9. The first-order valence-electron chi connectivity index (χ1n) is 6.35.